The Morgan fingerprint density at radius 1 is 1.50 bits per heavy atom. The van der Waals surface area contributed by atoms with Gasteiger partial charge in [-0.1, -0.05) is 27.5 Å². The molecule has 0 bridgehead atoms. The summed E-state index contributed by atoms with van der Waals surface area (Å²) in [7, 11) is 0. The second kappa shape index (κ2) is 2.75. The van der Waals surface area contributed by atoms with Crippen molar-refractivity contribution in [3.05, 3.63) is 27.2 Å². The van der Waals surface area contributed by atoms with Crippen LogP contribution in [0.3, 0.4) is 0 Å². The van der Waals surface area contributed by atoms with E-state index in [1.54, 1.807) is 6.07 Å². The molecule has 0 saturated carbocycles. The van der Waals surface area contributed by atoms with E-state index >= 15 is 0 Å². The third-order valence-electron chi connectivity index (χ3n) is 1.81. The first kappa shape index (κ1) is 8.08. The smallest absolute Gasteiger partial charge is 0.228 e. The van der Waals surface area contributed by atoms with Gasteiger partial charge in [0.05, 0.1) is 17.1 Å². The summed E-state index contributed by atoms with van der Waals surface area (Å²) in [5.41, 5.74) is 1.70. The molecule has 1 amide bonds. The van der Waals surface area contributed by atoms with E-state index in [1.807, 2.05) is 6.07 Å². The van der Waals surface area contributed by atoms with E-state index in [0.717, 1.165) is 15.7 Å². The van der Waals surface area contributed by atoms with Crippen molar-refractivity contribution >= 4 is 39.1 Å². The lowest BCUT2D eigenvalue weighted by Gasteiger charge is -2.02. The maximum absolute atomic E-state index is 11.0. The van der Waals surface area contributed by atoms with E-state index in [0.29, 0.717) is 11.4 Å². The normalized spacial score (nSPS) is 14.3. The Morgan fingerprint density at radius 3 is 2.92 bits per heavy atom. The number of carbonyl (C=O) groups excluding carboxylic acids is 1. The highest BCUT2D eigenvalue weighted by Crippen LogP contribution is 2.35. The van der Waals surface area contributed by atoms with Gasteiger partial charge < -0.3 is 5.32 Å². The molecule has 1 aliphatic rings. The molecule has 1 aromatic rings. The summed E-state index contributed by atoms with van der Waals surface area (Å²) in [5.74, 6) is -0.00111. The van der Waals surface area contributed by atoms with Crippen molar-refractivity contribution in [2.45, 2.75) is 6.42 Å². The Hall–Kier alpha value is -0.540. The summed E-state index contributed by atoms with van der Waals surface area (Å²) < 4.78 is 0.931. The highest BCUT2D eigenvalue weighted by atomic mass is 79.9. The molecule has 4 heteroatoms. The van der Waals surface area contributed by atoms with Crippen molar-refractivity contribution < 1.29 is 4.79 Å². The van der Waals surface area contributed by atoms with Crippen molar-refractivity contribution in [2.75, 3.05) is 5.32 Å². The highest BCUT2D eigenvalue weighted by molar-refractivity contribution is 9.10. The molecule has 0 radical (unpaired) electrons. The Bertz CT molecular complexity index is 331. The van der Waals surface area contributed by atoms with Crippen molar-refractivity contribution in [2.24, 2.45) is 0 Å². The SMILES string of the molecule is O=C1Cc2c(Br)ccc(Cl)c2N1. The van der Waals surface area contributed by atoms with Crippen LogP contribution in [0.15, 0.2) is 16.6 Å². The van der Waals surface area contributed by atoms with Crippen LogP contribution >= 0.6 is 27.5 Å². The lowest BCUT2D eigenvalue weighted by Crippen LogP contribution is -2.03. The number of benzene rings is 1. The maximum atomic E-state index is 11.0. The van der Waals surface area contributed by atoms with Crippen LogP contribution in [0.4, 0.5) is 5.69 Å². The average Bonchev–Trinajstić information content (AvgIpc) is 2.41. The number of halogens is 2. The van der Waals surface area contributed by atoms with E-state index < -0.39 is 0 Å². The molecule has 0 saturated heterocycles. The Morgan fingerprint density at radius 2 is 2.25 bits per heavy atom. The molecule has 0 aromatic heterocycles. The summed E-state index contributed by atoms with van der Waals surface area (Å²) in [6.45, 7) is 0. The third kappa shape index (κ3) is 1.13. The number of rotatable bonds is 0. The fourth-order valence-corrected chi connectivity index (χ4v) is 1.94. The van der Waals surface area contributed by atoms with Crippen molar-refractivity contribution in [1.29, 1.82) is 0 Å². The zero-order valence-corrected chi connectivity index (χ0v) is 8.37. The maximum Gasteiger partial charge on any atom is 0.228 e. The molecule has 0 fully saturated rings. The number of hydrogen-bond acceptors (Lipinski definition) is 1. The number of anilines is 1. The largest absolute Gasteiger partial charge is 0.324 e. The predicted molar refractivity (Wildman–Crippen MR) is 51.5 cm³/mol. The van der Waals surface area contributed by atoms with Crippen LogP contribution in [0.2, 0.25) is 5.02 Å². The number of carbonyl (C=O) groups is 1. The minimum absolute atomic E-state index is 0.00111. The molecular formula is C8H5BrClNO. The van der Waals surface area contributed by atoms with Crippen LogP contribution in [-0.2, 0) is 11.2 Å². The van der Waals surface area contributed by atoms with E-state index in [9.17, 15) is 4.79 Å². The highest BCUT2D eigenvalue weighted by Gasteiger charge is 2.22. The monoisotopic (exact) mass is 245 g/mol. The first-order valence-electron chi connectivity index (χ1n) is 3.45. The van der Waals surface area contributed by atoms with Gasteiger partial charge >= 0.3 is 0 Å². The summed E-state index contributed by atoms with van der Waals surface area (Å²) >= 11 is 9.23. The van der Waals surface area contributed by atoms with Crippen LogP contribution in [0.1, 0.15) is 5.56 Å². The standard InChI is InChI=1S/C8H5BrClNO/c9-5-1-2-6(10)8-4(5)3-7(12)11-8/h1-2H,3H2,(H,11,12). The fraction of sp³-hybridized carbons (Fsp3) is 0.125. The van der Waals surface area contributed by atoms with Gasteiger partial charge in [0.15, 0.2) is 0 Å². The molecule has 0 spiro atoms. The molecule has 1 N–H and O–H groups in total. The van der Waals surface area contributed by atoms with Crippen LogP contribution in [0.25, 0.3) is 0 Å². The van der Waals surface area contributed by atoms with Gasteiger partial charge in [-0.2, -0.15) is 0 Å². The lowest BCUT2D eigenvalue weighted by molar-refractivity contribution is -0.115. The van der Waals surface area contributed by atoms with Gasteiger partial charge in [-0.05, 0) is 12.1 Å². The quantitative estimate of drug-likeness (QED) is 0.749. The van der Waals surface area contributed by atoms with Crippen molar-refractivity contribution in [3.8, 4) is 0 Å². The van der Waals surface area contributed by atoms with E-state index in [4.69, 9.17) is 11.6 Å². The summed E-state index contributed by atoms with van der Waals surface area (Å²) in [6.07, 6.45) is 0.413. The average molecular weight is 246 g/mol. The van der Waals surface area contributed by atoms with Crippen molar-refractivity contribution in [3.63, 3.8) is 0 Å². The lowest BCUT2D eigenvalue weighted by atomic mass is 10.2. The van der Waals surface area contributed by atoms with E-state index in [2.05, 4.69) is 21.2 Å². The van der Waals surface area contributed by atoms with Gasteiger partial charge in [0.1, 0.15) is 0 Å². The minimum atomic E-state index is -0.00111. The van der Waals surface area contributed by atoms with Crippen LogP contribution in [-0.4, -0.2) is 5.91 Å². The van der Waals surface area contributed by atoms with Gasteiger partial charge in [-0.15, -0.1) is 0 Å². The summed E-state index contributed by atoms with van der Waals surface area (Å²) in [6, 6.07) is 3.61. The predicted octanol–water partition coefficient (Wildman–Crippen LogP) is 2.60. The molecule has 62 valence electrons. The van der Waals surface area contributed by atoms with Gasteiger partial charge in [0.25, 0.3) is 0 Å². The summed E-state index contributed by atoms with van der Waals surface area (Å²) in [4.78, 5) is 11.0. The fourth-order valence-electron chi connectivity index (χ4n) is 1.25. The number of amides is 1. The summed E-state index contributed by atoms with van der Waals surface area (Å²) in [5, 5.41) is 3.30. The molecule has 12 heavy (non-hydrogen) atoms. The second-order valence-corrected chi connectivity index (χ2v) is 3.87. The van der Waals surface area contributed by atoms with Crippen LogP contribution in [0, 0.1) is 0 Å². The third-order valence-corrected chi connectivity index (χ3v) is 2.86. The van der Waals surface area contributed by atoms with E-state index in [1.165, 1.54) is 0 Å². The van der Waals surface area contributed by atoms with Gasteiger partial charge in [0.2, 0.25) is 5.91 Å². The number of nitrogens with one attached hydrogen (secondary N) is 1. The van der Waals surface area contributed by atoms with E-state index in [-0.39, 0.29) is 5.91 Å². The molecule has 1 aromatic carbocycles. The Kier molecular flexibility index (Phi) is 1.85. The van der Waals surface area contributed by atoms with Crippen molar-refractivity contribution in [1.82, 2.24) is 0 Å². The van der Waals surface area contributed by atoms with Gasteiger partial charge in [-0.3, -0.25) is 4.79 Å². The molecule has 2 rings (SSSR count). The Balaban J connectivity index is 2.64. The molecule has 0 aliphatic carbocycles. The topological polar surface area (TPSA) is 29.1 Å². The molecule has 0 atom stereocenters. The zero-order chi connectivity index (χ0) is 8.72. The molecule has 0 unspecified atom stereocenters. The first-order valence-corrected chi connectivity index (χ1v) is 4.62. The van der Waals surface area contributed by atoms with Gasteiger partial charge in [-0.25, -0.2) is 0 Å². The molecular weight excluding hydrogens is 241 g/mol. The molecule has 1 aliphatic heterocycles. The molecule has 2 nitrogen and oxygen atoms in total. The Labute approximate surface area is 83.0 Å². The second-order valence-electron chi connectivity index (χ2n) is 2.61. The minimum Gasteiger partial charge on any atom is -0.324 e. The van der Waals surface area contributed by atoms with Crippen LogP contribution < -0.4 is 5.32 Å². The van der Waals surface area contributed by atoms with Gasteiger partial charge in [0, 0.05) is 10.0 Å². The van der Waals surface area contributed by atoms with Crippen LogP contribution in [0.5, 0.6) is 0 Å². The number of fused-ring (bicyclic) bond motifs is 1. The first-order chi connectivity index (χ1) is 5.68. The zero-order valence-electron chi connectivity index (χ0n) is 6.03. The molecule has 1 heterocycles. The number of hydrogen-bond donors (Lipinski definition) is 1.